The van der Waals surface area contributed by atoms with Gasteiger partial charge in [0.25, 0.3) is 0 Å². The molecule has 0 saturated carbocycles. The predicted molar refractivity (Wildman–Crippen MR) is 120 cm³/mol. The molecule has 1 aliphatic carbocycles. The predicted octanol–water partition coefficient (Wildman–Crippen LogP) is 3.20. The summed E-state index contributed by atoms with van der Waals surface area (Å²) in [5.74, 6) is 0.139. The van der Waals surface area contributed by atoms with Gasteiger partial charge >= 0.3 is 5.97 Å². The highest BCUT2D eigenvalue weighted by Crippen LogP contribution is 2.32. The van der Waals surface area contributed by atoms with Crippen LogP contribution >= 0.6 is 11.3 Å². The standard InChI is InChI=1S/C22H21NO6S3/c1-15(24)29-19-8-7-17-11-16(12-18(17)13-19)14-23-32(27,28)22-10-9-21(30-22)31(25,26)20-5-3-2-4-6-20/h2-10,13,16,23H,11-12,14H2,1H3. The molecule has 4 rings (SSSR count). The lowest BCUT2D eigenvalue weighted by atomic mass is 10.1. The Bertz CT molecular complexity index is 1360. The fourth-order valence-electron chi connectivity index (χ4n) is 3.67. The number of nitrogens with one attached hydrogen (secondary N) is 1. The maximum Gasteiger partial charge on any atom is 0.308 e. The molecule has 1 N–H and O–H groups in total. The first-order chi connectivity index (χ1) is 15.1. The van der Waals surface area contributed by atoms with Crippen molar-refractivity contribution in [1.29, 1.82) is 0 Å². The number of carbonyl (C=O) groups is 1. The van der Waals surface area contributed by atoms with Crippen LogP contribution in [-0.4, -0.2) is 29.3 Å². The number of thiophene rings is 1. The molecule has 0 fully saturated rings. The molecule has 168 valence electrons. The van der Waals surface area contributed by atoms with Gasteiger partial charge in [0.05, 0.1) is 4.90 Å². The molecule has 0 spiro atoms. The summed E-state index contributed by atoms with van der Waals surface area (Å²) in [6.45, 7) is 1.56. The van der Waals surface area contributed by atoms with Crippen LogP contribution in [0.3, 0.4) is 0 Å². The van der Waals surface area contributed by atoms with Crippen molar-refractivity contribution < 1.29 is 26.4 Å². The Balaban J connectivity index is 1.43. The molecule has 32 heavy (non-hydrogen) atoms. The fourth-order valence-corrected chi connectivity index (χ4v) is 8.02. The highest BCUT2D eigenvalue weighted by atomic mass is 32.3. The molecular weight excluding hydrogens is 470 g/mol. The zero-order valence-corrected chi connectivity index (χ0v) is 19.6. The monoisotopic (exact) mass is 491 g/mol. The van der Waals surface area contributed by atoms with Crippen LogP contribution in [0.5, 0.6) is 5.75 Å². The second-order valence-corrected chi connectivity index (χ2v) is 12.8. The summed E-state index contributed by atoms with van der Waals surface area (Å²) in [4.78, 5) is 11.3. The number of benzene rings is 2. The Morgan fingerprint density at radius 3 is 2.38 bits per heavy atom. The molecule has 1 aliphatic rings. The minimum Gasteiger partial charge on any atom is -0.427 e. The van der Waals surface area contributed by atoms with Gasteiger partial charge in [0, 0.05) is 13.5 Å². The Morgan fingerprint density at radius 2 is 1.66 bits per heavy atom. The van der Waals surface area contributed by atoms with E-state index in [1.54, 1.807) is 24.3 Å². The van der Waals surface area contributed by atoms with Gasteiger partial charge in [-0.2, -0.15) is 0 Å². The maximum atomic E-state index is 12.8. The Morgan fingerprint density at radius 1 is 0.969 bits per heavy atom. The number of hydrogen-bond acceptors (Lipinski definition) is 7. The van der Waals surface area contributed by atoms with Gasteiger partial charge in [-0.1, -0.05) is 24.3 Å². The first kappa shape index (κ1) is 22.7. The number of sulfonamides is 1. The first-order valence-corrected chi connectivity index (χ1v) is 13.6. The summed E-state index contributed by atoms with van der Waals surface area (Å²) in [7, 11) is -7.61. The molecule has 0 saturated heterocycles. The van der Waals surface area contributed by atoms with E-state index in [1.165, 1.54) is 31.2 Å². The van der Waals surface area contributed by atoms with Crippen LogP contribution in [0, 0.1) is 5.92 Å². The van der Waals surface area contributed by atoms with Crippen molar-refractivity contribution in [1.82, 2.24) is 4.72 Å². The van der Waals surface area contributed by atoms with Crippen LogP contribution < -0.4 is 9.46 Å². The van der Waals surface area contributed by atoms with Crippen LogP contribution in [0.4, 0.5) is 0 Å². The summed E-state index contributed by atoms with van der Waals surface area (Å²) < 4.78 is 58.6. The van der Waals surface area contributed by atoms with Gasteiger partial charge in [-0.3, -0.25) is 4.79 Å². The molecule has 0 radical (unpaired) electrons. The molecule has 2 aromatic carbocycles. The lowest BCUT2D eigenvalue weighted by Gasteiger charge is -2.10. The van der Waals surface area contributed by atoms with E-state index >= 15 is 0 Å². The quantitative estimate of drug-likeness (QED) is 0.402. The molecule has 1 unspecified atom stereocenters. The first-order valence-electron chi connectivity index (χ1n) is 9.85. The van der Waals surface area contributed by atoms with E-state index in [0.29, 0.717) is 18.6 Å². The zero-order chi connectivity index (χ0) is 22.9. The summed E-state index contributed by atoms with van der Waals surface area (Å²) in [6.07, 6.45) is 1.36. The highest BCUT2D eigenvalue weighted by molar-refractivity contribution is 7.95. The second kappa shape index (κ2) is 8.78. The van der Waals surface area contributed by atoms with Crippen LogP contribution in [0.15, 0.2) is 74.0 Å². The summed E-state index contributed by atoms with van der Waals surface area (Å²) in [5, 5.41) is 0. The highest BCUT2D eigenvalue weighted by Gasteiger charge is 2.27. The summed E-state index contributed by atoms with van der Waals surface area (Å²) in [6, 6.07) is 16.0. The molecule has 0 aliphatic heterocycles. The van der Waals surface area contributed by atoms with Crippen molar-refractivity contribution in [2.75, 3.05) is 6.54 Å². The minimum absolute atomic E-state index is 0.0182. The number of carbonyl (C=O) groups excluding carboxylic acids is 1. The summed E-state index contributed by atoms with van der Waals surface area (Å²) in [5.41, 5.74) is 2.12. The normalized spacial score (nSPS) is 16.0. The smallest absolute Gasteiger partial charge is 0.308 e. The lowest BCUT2D eigenvalue weighted by molar-refractivity contribution is -0.131. The van der Waals surface area contributed by atoms with E-state index in [2.05, 4.69) is 4.72 Å². The van der Waals surface area contributed by atoms with Gasteiger partial charge in [0.15, 0.2) is 0 Å². The number of fused-ring (bicyclic) bond motifs is 1. The average Bonchev–Trinajstić information content (AvgIpc) is 3.40. The van der Waals surface area contributed by atoms with E-state index < -0.39 is 25.8 Å². The van der Waals surface area contributed by atoms with Crippen molar-refractivity contribution in [2.45, 2.75) is 33.1 Å². The molecule has 3 aromatic rings. The topological polar surface area (TPSA) is 107 Å². The van der Waals surface area contributed by atoms with Crippen molar-refractivity contribution in [3.8, 4) is 5.75 Å². The van der Waals surface area contributed by atoms with Crippen molar-refractivity contribution in [3.05, 3.63) is 71.8 Å². The lowest BCUT2D eigenvalue weighted by Crippen LogP contribution is -2.29. The van der Waals surface area contributed by atoms with Crippen molar-refractivity contribution in [2.24, 2.45) is 5.92 Å². The fraction of sp³-hybridized carbons (Fsp3) is 0.227. The molecule has 0 bridgehead atoms. The van der Waals surface area contributed by atoms with Crippen LogP contribution in [0.1, 0.15) is 18.1 Å². The molecule has 1 heterocycles. The van der Waals surface area contributed by atoms with Gasteiger partial charge < -0.3 is 4.74 Å². The Hall–Kier alpha value is -2.53. The largest absolute Gasteiger partial charge is 0.427 e. The molecule has 1 aromatic heterocycles. The number of hydrogen-bond donors (Lipinski definition) is 1. The van der Waals surface area contributed by atoms with Crippen molar-refractivity contribution in [3.63, 3.8) is 0 Å². The van der Waals surface area contributed by atoms with Crippen LogP contribution in [0.25, 0.3) is 0 Å². The van der Waals surface area contributed by atoms with Gasteiger partial charge in [-0.25, -0.2) is 21.6 Å². The molecule has 0 amide bonds. The minimum atomic E-state index is -3.85. The van der Waals surface area contributed by atoms with E-state index in [9.17, 15) is 21.6 Å². The van der Waals surface area contributed by atoms with Gasteiger partial charge in [0.1, 0.15) is 14.2 Å². The molecule has 7 nitrogen and oxygen atoms in total. The van der Waals surface area contributed by atoms with E-state index in [0.717, 1.165) is 22.5 Å². The van der Waals surface area contributed by atoms with Gasteiger partial charge in [-0.15, -0.1) is 11.3 Å². The van der Waals surface area contributed by atoms with E-state index in [4.69, 9.17) is 4.74 Å². The van der Waals surface area contributed by atoms with E-state index in [-0.39, 0.29) is 25.8 Å². The number of sulfone groups is 1. The Labute approximate surface area is 191 Å². The average molecular weight is 492 g/mol. The Kier molecular flexibility index (Phi) is 6.22. The van der Waals surface area contributed by atoms with Crippen LogP contribution in [0.2, 0.25) is 0 Å². The molecule has 10 heteroatoms. The van der Waals surface area contributed by atoms with Crippen molar-refractivity contribution >= 4 is 37.2 Å². The number of rotatable bonds is 7. The van der Waals surface area contributed by atoms with Gasteiger partial charge in [-0.05, 0) is 66.3 Å². The molecular formula is C22H21NO6S3. The third-order valence-corrected chi connectivity index (χ3v) is 10.4. The van der Waals surface area contributed by atoms with Gasteiger partial charge in [0.2, 0.25) is 19.9 Å². The maximum absolute atomic E-state index is 12.8. The number of esters is 1. The zero-order valence-electron chi connectivity index (χ0n) is 17.1. The molecule has 1 atom stereocenters. The third-order valence-electron chi connectivity index (χ3n) is 5.16. The summed E-state index contributed by atoms with van der Waals surface area (Å²) >= 11 is 0.732. The van der Waals surface area contributed by atoms with Crippen LogP contribution in [-0.2, 0) is 37.5 Å². The van der Waals surface area contributed by atoms with E-state index in [1.807, 2.05) is 12.1 Å². The second-order valence-electron chi connectivity index (χ2n) is 7.54. The number of ether oxygens (including phenoxy) is 1. The third kappa shape index (κ3) is 4.78. The SMILES string of the molecule is CC(=O)Oc1ccc2c(c1)CC(CNS(=O)(=O)c1ccc(S(=O)(=O)c3ccccc3)s1)C2.